The van der Waals surface area contributed by atoms with Gasteiger partial charge in [0.1, 0.15) is 0 Å². The van der Waals surface area contributed by atoms with Crippen molar-refractivity contribution in [3.63, 3.8) is 0 Å². The molecule has 1 aliphatic rings. The van der Waals surface area contributed by atoms with E-state index in [4.69, 9.17) is 0 Å². The molecule has 9 heteroatoms. The topological polar surface area (TPSA) is 105 Å². The summed E-state index contributed by atoms with van der Waals surface area (Å²) in [5, 5.41) is 3.07. The van der Waals surface area contributed by atoms with Crippen molar-refractivity contribution in [1.29, 1.82) is 0 Å². The predicted octanol–water partition coefficient (Wildman–Crippen LogP) is 1.02. The normalized spacial score (nSPS) is 23.6. The molecule has 1 fully saturated rings. The number of rotatable bonds is 4. The van der Waals surface area contributed by atoms with Crippen molar-refractivity contribution in [3.8, 4) is 0 Å². The first-order chi connectivity index (χ1) is 11.8. The summed E-state index contributed by atoms with van der Waals surface area (Å²) in [5.74, 6) is -1.18. The molecule has 3 N–H and O–H groups in total. The van der Waals surface area contributed by atoms with Gasteiger partial charge in [0.25, 0.3) is 15.9 Å². The number of anilines is 1. The van der Waals surface area contributed by atoms with E-state index in [2.05, 4.69) is 20.7 Å². The number of carbonyl (C=O) groups excluding carboxylic acids is 1. The molecule has 134 valence electrons. The molecule has 0 spiro atoms. The summed E-state index contributed by atoms with van der Waals surface area (Å²) in [5.41, 5.74) is 7.42. The van der Waals surface area contributed by atoms with Gasteiger partial charge in [-0.2, -0.15) is 5.10 Å². The van der Waals surface area contributed by atoms with Crippen molar-refractivity contribution in [3.05, 3.63) is 47.8 Å². The van der Waals surface area contributed by atoms with Crippen LogP contribution in [0.1, 0.15) is 23.1 Å². The fourth-order valence-corrected chi connectivity index (χ4v) is 4.55. The van der Waals surface area contributed by atoms with E-state index in [1.807, 2.05) is 0 Å². The smallest absolute Gasteiger partial charge is 0.254 e. The first kappa shape index (κ1) is 17.6. The van der Waals surface area contributed by atoms with Crippen molar-refractivity contribution in [2.24, 2.45) is 5.92 Å². The van der Waals surface area contributed by atoms with Gasteiger partial charge < -0.3 is 0 Å². The number of benzene rings is 1. The van der Waals surface area contributed by atoms with Crippen LogP contribution < -0.4 is 15.6 Å². The Bertz CT molecular complexity index is 878. The molecule has 1 aliphatic heterocycles. The lowest BCUT2D eigenvalue weighted by Crippen LogP contribution is -2.45. The zero-order chi connectivity index (χ0) is 18.2. The first-order valence-corrected chi connectivity index (χ1v) is 9.49. The number of aromatic nitrogens is 2. The number of hydrazine groups is 1. The van der Waals surface area contributed by atoms with Crippen molar-refractivity contribution in [1.82, 2.24) is 20.6 Å². The summed E-state index contributed by atoms with van der Waals surface area (Å²) >= 11 is 0. The van der Waals surface area contributed by atoms with E-state index in [1.165, 1.54) is 4.68 Å². The zero-order valence-corrected chi connectivity index (χ0v) is 15.0. The van der Waals surface area contributed by atoms with Gasteiger partial charge in [-0.1, -0.05) is 18.2 Å². The van der Waals surface area contributed by atoms with Gasteiger partial charge in [0.2, 0.25) is 0 Å². The summed E-state index contributed by atoms with van der Waals surface area (Å²) in [6.45, 7) is 5.32. The highest BCUT2D eigenvalue weighted by molar-refractivity contribution is 7.93. The Labute approximate surface area is 146 Å². The van der Waals surface area contributed by atoms with Crippen molar-refractivity contribution < 1.29 is 13.2 Å². The Morgan fingerprint density at radius 3 is 2.48 bits per heavy atom. The van der Waals surface area contributed by atoms with E-state index in [0.29, 0.717) is 17.1 Å². The number of hydrogen-bond acceptors (Lipinski definition) is 6. The second kappa shape index (κ2) is 6.58. The lowest BCUT2D eigenvalue weighted by atomic mass is 10.0. The van der Waals surface area contributed by atoms with Crippen molar-refractivity contribution in [2.45, 2.75) is 32.2 Å². The number of hydrogen-bond donors (Lipinski definition) is 3. The van der Waals surface area contributed by atoms with Gasteiger partial charge in [0.05, 0.1) is 11.6 Å². The molecule has 2 heterocycles. The molecule has 0 bridgehead atoms. The third kappa shape index (κ3) is 3.44. The van der Waals surface area contributed by atoms with E-state index in [9.17, 15) is 13.2 Å². The summed E-state index contributed by atoms with van der Waals surface area (Å²) in [6, 6.07) is 9.99. The maximum absolute atomic E-state index is 12.9. The highest BCUT2D eigenvalue weighted by Crippen LogP contribution is 2.24. The Kier molecular flexibility index (Phi) is 4.63. The Morgan fingerprint density at radius 1 is 1.20 bits per heavy atom. The molecule has 0 radical (unpaired) electrons. The van der Waals surface area contributed by atoms with Gasteiger partial charge in [-0.25, -0.2) is 18.5 Å². The summed E-state index contributed by atoms with van der Waals surface area (Å²) in [4.78, 5) is 12.9. The van der Waals surface area contributed by atoms with Crippen LogP contribution in [0.4, 0.5) is 5.69 Å². The number of carbonyl (C=O) groups is 1. The minimum Gasteiger partial charge on any atom is -0.282 e. The molecule has 3 unspecified atom stereocenters. The van der Waals surface area contributed by atoms with Crippen molar-refractivity contribution in [2.75, 3.05) is 4.72 Å². The molecule has 0 amide bonds. The Hall–Kier alpha value is -2.23. The lowest BCUT2D eigenvalue weighted by Gasteiger charge is -2.21. The van der Waals surface area contributed by atoms with Gasteiger partial charge in [-0.3, -0.25) is 14.9 Å². The van der Waals surface area contributed by atoms with Crippen LogP contribution >= 0.6 is 0 Å². The number of nitrogens with one attached hydrogen (secondary N) is 3. The van der Waals surface area contributed by atoms with E-state index in [-0.39, 0.29) is 11.9 Å². The van der Waals surface area contributed by atoms with E-state index >= 15 is 0 Å². The van der Waals surface area contributed by atoms with Crippen LogP contribution in [0, 0.1) is 19.8 Å². The molecule has 1 aromatic heterocycles. The minimum absolute atomic E-state index is 0.362. The standard InChI is InChI=1S/C16H21N5O3S/c1-10-9-11(2)21(19-10)16(22)14-12(3)17-18-15(14)25(23,24)20-13-7-5-4-6-8-13/h4-9,12,14-15,17-18,20H,1-3H3. The van der Waals surface area contributed by atoms with Crippen LogP contribution in [0.5, 0.6) is 0 Å². The monoisotopic (exact) mass is 363 g/mol. The van der Waals surface area contributed by atoms with Crippen LogP contribution in [0.25, 0.3) is 0 Å². The Balaban J connectivity index is 1.90. The first-order valence-electron chi connectivity index (χ1n) is 7.95. The van der Waals surface area contributed by atoms with Gasteiger partial charge in [0.15, 0.2) is 5.37 Å². The van der Waals surface area contributed by atoms with Crippen LogP contribution in [-0.2, 0) is 10.0 Å². The van der Waals surface area contributed by atoms with Crippen LogP contribution in [-0.4, -0.2) is 35.5 Å². The summed E-state index contributed by atoms with van der Waals surface area (Å²) < 4.78 is 29.4. The second-order valence-electron chi connectivity index (χ2n) is 6.21. The van der Waals surface area contributed by atoms with Crippen LogP contribution in [0.2, 0.25) is 0 Å². The third-order valence-corrected chi connectivity index (χ3v) is 5.79. The summed E-state index contributed by atoms with van der Waals surface area (Å²) in [6.07, 6.45) is 0. The molecule has 25 heavy (non-hydrogen) atoms. The van der Waals surface area contributed by atoms with E-state index in [1.54, 1.807) is 57.2 Å². The number of aryl methyl sites for hydroxylation is 2. The Morgan fingerprint density at radius 2 is 1.88 bits per heavy atom. The van der Waals surface area contributed by atoms with E-state index in [0.717, 1.165) is 0 Å². The quantitative estimate of drug-likeness (QED) is 0.749. The highest BCUT2D eigenvalue weighted by atomic mass is 32.2. The number of sulfonamides is 1. The molecular weight excluding hydrogens is 342 g/mol. The summed E-state index contributed by atoms with van der Waals surface area (Å²) in [7, 11) is -3.84. The molecule has 0 aliphatic carbocycles. The van der Waals surface area contributed by atoms with Crippen LogP contribution in [0.3, 0.4) is 0 Å². The van der Waals surface area contributed by atoms with Crippen molar-refractivity contribution >= 4 is 21.6 Å². The molecule has 2 aromatic rings. The lowest BCUT2D eigenvalue weighted by molar-refractivity contribution is 0.0808. The average molecular weight is 363 g/mol. The molecule has 8 nitrogen and oxygen atoms in total. The largest absolute Gasteiger partial charge is 0.282 e. The molecule has 1 aromatic carbocycles. The molecule has 3 rings (SSSR count). The van der Waals surface area contributed by atoms with Crippen LogP contribution in [0.15, 0.2) is 36.4 Å². The third-order valence-electron chi connectivity index (χ3n) is 4.19. The molecule has 3 atom stereocenters. The molecule has 0 saturated carbocycles. The van der Waals surface area contributed by atoms with Gasteiger partial charge in [-0.15, -0.1) is 0 Å². The number of para-hydroxylation sites is 1. The average Bonchev–Trinajstić information content (AvgIpc) is 3.10. The second-order valence-corrected chi connectivity index (χ2v) is 8.02. The minimum atomic E-state index is -3.84. The number of nitrogens with zero attached hydrogens (tertiary/aromatic N) is 2. The van der Waals surface area contributed by atoms with Gasteiger partial charge in [0, 0.05) is 17.4 Å². The molecular formula is C16H21N5O3S. The SMILES string of the molecule is Cc1cc(C)n(C(=O)C2C(C)NNC2S(=O)(=O)Nc2ccccc2)n1. The fourth-order valence-electron chi connectivity index (χ4n) is 3.00. The highest BCUT2D eigenvalue weighted by Gasteiger charge is 2.47. The zero-order valence-electron chi connectivity index (χ0n) is 14.2. The predicted molar refractivity (Wildman–Crippen MR) is 94.3 cm³/mol. The van der Waals surface area contributed by atoms with Gasteiger partial charge in [-0.05, 0) is 39.0 Å². The maximum atomic E-state index is 12.9. The maximum Gasteiger partial charge on any atom is 0.254 e. The fraction of sp³-hybridized carbons (Fsp3) is 0.375. The van der Waals surface area contributed by atoms with Gasteiger partial charge >= 0.3 is 0 Å². The molecule has 1 saturated heterocycles. The van der Waals surface area contributed by atoms with E-state index < -0.39 is 21.3 Å².